The zero-order chi connectivity index (χ0) is 22.4. The van der Waals surface area contributed by atoms with Crippen molar-refractivity contribution in [2.75, 3.05) is 19.7 Å². The van der Waals surface area contributed by atoms with Gasteiger partial charge in [-0.1, -0.05) is 30.3 Å². The summed E-state index contributed by atoms with van der Waals surface area (Å²) in [6.45, 7) is 0.628. The lowest BCUT2D eigenvalue weighted by molar-refractivity contribution is -0.134. The van der Waals surface area contributed by atoms with Gasteiger partial charge in [0.15, 0.2) is 5.96 Å². The number of aliphatic hydroxyl groups excluding tert-OH is 1. The summed E-state index contributed by atoms with van der Waals surface area (Å²) in [6, 6.07) is 11.0. The predicted molar refractivity (Wildman–Crippen MR) is 120 cm³/mol. The molecule has 9 nitrogen and oxygen atoms in total. The Bertz CT molecular complexity index is 1050. The third-order valence-electron chi connectivity index (χ3n) is 5.44. The number of benzene rings is 2. The first-order chi connectivity index (χ1) is 14.8. The fourth-order valence-corrected chi connectivity index (χ4v) is 5.10. The number of rotatable bonds is 9. The lowest BCUT2D eigenvalue weighted by atomic mass is 10.1. The molecule has 0 bridgehead atoms. The number of likely N-dealkylation sites (tertiary alicyclic amines) is 1. The van der Waals surface area contributed by atoms with Crippen molar-refractivity contribution in [3.8, 4) is 0 Å². The molecule has 168 valence electrons. The molecule has 1 saturated heterocycles. The van der Waals surface area contributed by atoms with E-state index in [0.29, 0.717) is 19.4 Å². The summed E-state index contributed by atoms with van der Waals surface area (Å²) in [6.07, 6.45) is 2.12. The number of carbonyl (C=O) groups is 1. The van der Waals surface area contributed by atoms with Gasteiger partial charge in [0.05, 0.1) is 17.5 Å². The van der Waals surface area contributed by atoms with Crippen LogP contribution in [0.5, 0.6) is 0 Å². The zero-order valence-corrected chi connectivity index (χ0v) is 18.1. The number of hydrogen-bond acceptors (Lipinski definition) is 5. The number of nitrogens with one attached hydrogen (secondary N) is 1. The molecule has 31 heavy (non-hydrogen) atoms. The topological polar surface area (TPSA) is 151 Å². The largest absolute Gasteiger partial charge is 0.394 e. The summed E-state index contributed by atoms with van der Waals surface area (Å²) in [4.78, 5) is 18.7. The Morgan fingerprint density at radius 3 is 2.68 bits per heavy atom. The number of aliphatic imine (C=N–C) groups is 1. The number of guanidine groups is 1. The van der Waals surface area contributed by atoms with Crippen molar-refractivity contribution in [1.29, 1.82) is 0 Å². The van der Waals surface area contributed by atoms with Crippen molar-refractivity contribution in [3.05, 3.63) is 42.5 Å². The number of sulfonamides is 1. The molecule has 0 unspecified atom stereocenters. The summed E-state index contributed by atoms with van der Waals surface area (Å²) in [5.41, 5.74) is 10.7. The second kappa shape index (κ2) is 10.1. The van der Waals surface area contributed by atoms with E-state index in [9.17, 15) is 18.3 Å². The third-order valence-corrected chi connectivity index (χ3v) is 6.91. The maximum atomic E-state index is 13.2. The number of hydrogen-bond donors (Lipinski definition) is 4. The Morgan fingerprint density at radius 2 is 1.97 bits per heavy atom. The fourth-order valence-electron chi connectivity index (χ4n) is 3.84. The number of carbonyl (C=O) groups excluding carboxylic acids is 1. The van der Waals surface area contributed by atoms with Crippen molar-refractivity contribution in [2.45, 2.75) is 42.7 Å². The maximum Gasteiger partial charge on any atom is 0.241 e. The SMILES string of the molecule is NC(N)=NCCC[C@H](NS(=O)(=O)c1ccc2ccccc2c1)C(=O)N1CCC[C@@H]1CO. The first kappa shape index (κ1) is 23.0. The van der Waals surface area contributed by atoms with Crippen LogP contribution in [0.1, 0.15) is 25.7 Å². The molecular weight excluding hydrogens is 418 g/mol. The average Bonchev–Trinajstić information content (AvgIpc) is 3.23. The average molecular weight is 448 g/mol. The molecule has 1 aliphatic heterocycles. The second-order valence-electron chi connectivity index (χ2n) is 7.64. The van der Waals surface area contributed by atoms with Crippen LogP contribution in [0.15, 0.2) is 52.4 Å². The van der Waals surface area contributed by atoms with Gasteiger partial charge in [-0.05, 0) is 48.6 Å². The van der Waals surface area contributed by atoms with E-state index in [1.54, 1.807) is 17.0 Å². The van der Waals surface area contributed by atoms with Crippen molar-refractivity contribution in [2.24, 2.45) is 16.5 Å². The van der Waals surface area contributed by atoms with Gasteiger partial charge >= 0.3 is 0 Å². The molecule has 0 saturated carbocycles. The minimum atomic E-state index is -3.95. The summed E-state index contributed by atoms with van der Waals surface area (Å²) in [5, 5.41) is 11.3. The van der Waals surface area contributed by atoms with Crippen LogP contribution in [-0.2, 0) is 14.8 Å². The van der Waals surface area contributed by atoms with Gasteiger partial charge in [0, 0.05) is 13.1 Å². The molecule has 0 aromatic heterocycles. The monoisotopic (exact) mass is 447 g/mol. The Morgan fingerprint density at radius 1 is 1.23 bits per heavy atom. The van der Waals surface area contributed by atoms with E-state index in [2.05, 4.69) is 9.71 Å². The van der Waals surface area contributed by atoms with Crippen molar-refractivity contribution < 1.29 is 18.3 Å². The molecule has 1 fully saturated rings. The van der Waals surface area contributed by atoms with Crippen LogP contribution in [0.3, 0.4) is 0 Å². The van der Waals surface area contributed by atoms with E-state index in [1.165, 1.54) is 6.07 Å². The minimum absolute atomic E-state index is 0.0560. The van der Waals surface area contributed by atoms with Gasteiger partial charge in [-0.3, -0.25) is 9.79 Å². The van der Waals surface area contributed by atoms with Gasteiger partial charge in [0.1, 0.15) is 6.04 Å². The van der Waals surface area contributed by atoms with Gasteiger partial charge in [0.2, 0.25) is 15.9 Å². The maximum absolute atomic E-state index is 13.2. The Labute approximate surface area is 182 Å². The summed E-state index contributed by atoms with van der Waals surface area (Å²) < 4.78 is 28.8. The van der Waals surface area contributed by atoms with E-state index in [1.807, 2.05) is 24.3 Å². The molecule has 0 aliphatic carbocycles. The molecule has 2 atom stereocenters. The minimum Gasteiger partial charge on any atom is -0.394 e. The Balaban J connectivity index is 1.82. The van der Waals surface area contributed by atoms with Crippen LogP contribution in [-0.4, -0.2) is 62.1 Å². The number of nitrogens with two attached hydrogens (primary N) is 2. The van der Waals surface area contributed by atoms with Gasteiger partial charge in [-0.15, -0.1) is 0 Å². The number of fused-ring (bicyclic) bond motifs is 1. The molecule has 1 heterocycles. The van der Waals surface area contributed by atoms with Crippen LogP contribution in [0.2, 0.25) is 0 Å². The van der Waals surface area contributed by atoms with Crippen LogP contribution < -0.4 is 16.2 Å². The standard InChI is InChI=1S/C21H29N5O4S/c22-21(23)24-11-3-8-19(20(28)26-12-4-7-17(26)14-27)25-31(29,30)18-10-9-15-5-1-2-6-16(15)13-18/h1-2,5-6,9-10,13,17,19,25,27H,3-4,7-8,11-12,14H2,(H4,22,23,24)/t17-,19+/m1/s1. The highest BCUT2D eigenvalue weighted by Gasteiger charge is 2.34. The molecule has 3 rings (SSSR count). The molecule has 0 spiro atoms. The van der Waals surface area contributed by atoms with E-state index in [0.717, 1.165) is 17.2 Å². The molecule has 6 N–H and O–H groups in total. The number of nitrogens with zero attached hydrogens (tertiary/aromatic N) is 2. The van der Waals surface area contributed by atoms with Crippen LogP contribution in [0.25, 0.3) is 10.8 Å². The van der Waals surface area contributed by atoms with Gasteiger partial charge in [0.25, 0.3) is 0 Å². The summed E-state index contributed by atoms with van der Waals surface area (Å²) in [7, 11) is -3.95. The third kappa shape index (κ3) is 5.72. The van der Waals surface area contributed by atoms with Crippen molar-refractivity contribution >= 4 is 32.7 Å². The van der Waals surface area contributed by atoms with E-state index < -0.39 is 16.1 Å². The van der Waals surface area contributed by atoms with Crippen LogP contribution in [0.4, 0.5) is 0 Å². The van der Waals surface area contributed by atoms with Gasteiger partial charge in [-0.25, -0.2) is 8.42 Å². The normalized spacial score (nSPS) is 17.6. The first-order valence-electron chi connectivity index (χ1n) is 10.3. The Kier molecular flexibility index (Phi) is 7.47. The Hall–Kier alpha value is -2.69. The van der Waals surface area contributed by atoms with Crippen molar-refractivity contribution in [1.82, 2.24) is 9.62 Å². The summed E-state index contributed by atoms with van der Waals surface area (Å²) in [5.74, 6) is -0.398. The highest BCUT2D eigenvalue weighted by atomic mass is 32.2. The lowest BCUT2D eigenvalue weighted by Crippen LogP contribution is -2.50. The van der Waals surface area contributed by atoms with Crippen LogP contribution in [0, 0.1) is 0 Å². The van der Waals surface area contributed by atoms with Gasteiger partial charge in [-0.2, -0.15) is 4.72 Å². The predicted octanol–water partition coefficient (Wildman–Crippen LogP) is 0.524. The van der Waals surface area contributed by atoms with Crippen LogP contribution >= 0.6 is 0 Å². The molecule has 2 aromatic rings. The zero-order valence-electron chi connectivity index (χ0n) is 17.3. The first-order valence-corrected chi connectivity index (χ1v) is 11.8. The molecule has 1 amide bonds. The van der Waals surface area contributed by atoms with Gasteiger partial charge < -0.3 is 21.5 Å². The molecule has 0 radical (unpaired) electrons. The molecule has 2 aromatic carbocycles. The van der Waals surface area contributed by atoms with E-state index in [4.69, 9.17) is 11.5 Å². The summed E-state index contributed by atoms with van der Waals surface area (Å²) >= 11 is 0. The highest BCUT2D eigenvalue weighted by Crippen LogP contribution is 2.22. The lowest BCUT2D eigenvalue weighted by Gasteiger charge is -2.28. The molecular formula is C21H29N5O4S. The quantitative estimate of drug-likeness (QED) is 0.250. The van der Waals surface area contributed by atoms with Crippen molar-refractivity contribution in [3.63, 3.8) is 0 Å². The second-order valence-corrected chi connectivity index (χ2v) is 9.36. The number of amides is 1. The smallest absolute Gasteiger partial charge is 0.241 e. The fraction of sp³-hybridized carbons (Fsp3) is 0.429. The molecule has 1 aliphatic rings. The van der Waals surface area contributed by atoms with E-state index >= 15 is 0 Å². The van der Waals surface area contributed by atoms with E-state index in [-0.39, 0.29) is 42.4 Å². The number of aliphatic hydroxyl groups is 1. The molecule has 10 heteroatoms. The highest BCUT2D eigenvalue weighted by molar-refractivity contribution is 7.89.